The highest BCUT2D eigenvalue weighted by molar-refractivity contribution is 5.94. The van der Waals surface area contributed by atoms with Crippen LogP contribution in [0.1, 0.15) is 82.9 Å². The molecule has 0 amide bonds. The quantitative estimate of drug-likeness (QED) is 0.309. The summed E-state index contributed by atoms with van der Waals surface area (Å²) in [4.78, 5) is 23.9. The average Bonchev–Trinajstić information content (AvgIpc) is 2.60. The molecule has 1 aromatic rings. The molecule has 0 aliphatic heterocycles. The van der Waals surface area contributed by atoms with Crippen LogP contribution in [-0.4, -0.2) is 28.8 Å². The molecule has 28 heavy (non-hydrogen) atoms. The van der Waals surface area contributed by atoms with Gasteiger partial charge in [0.25, 0.3) is 0 Å². The number of hydrogen-bond donors (Lipinski definition) is 2. The number of benzene rings is 1. The number of carbonyl (C=O) groups excluding carboxylic acids is 1. The van der Waals surface area contributed by atoms with E-state index in [1.165, 1.54) is 19.3 Å². The van der Waals surface area contributed by atoms with E-state index in [1.54, 1.807) is 19.1 Å². The Balaban J connectivity index is 2.74. The van der Waals surface area contributed by atoms with Crippen molar-refractivity contribution in [1.29, 1.82) is 0 Å². The number of aryl methyl sites for hydroxylation is 1. The highest BCUT2D eigenvalue weighted by atomic mass is 16.5. The number of rotatable bonds is 11. The first kappa shape index (κ1) is 24.0. The van der Waals surface area contributed by atoms with E-state index < -0.39 is 17.9 Å². The Labute approximate surface area is 169 Å². The standard InChI is InChI=1S/C23H36O5/c1-6-7-8-9-10-11-12-28-22(27)18(21(25)26)14-17-13-16(2)20(24)19(15-17)23(3,4)5/h13,15,18,24H,6-12,14H2,1-5H3,(H,25,26). The lowest BCUT2D eigenvalue weighted by Crippen LogP contribution is -2.28. The summed E-state index contributed by atoms with van der Waals surface area (Å²) in [7, 11) is 0. The summed E-state index contributed by atoms with van der Waals surface area (Å²) in [5.74, 6) is -2.90. The first-order chi connectivity index (χ1) is 13.1. The summed E-state index contributed by atoms with van der Waals surface area (Å²) in [6, 6.07) is 3.53. The van der Waals surface area contributed by atoms with Crippen LogP contribution in [0.2, 0.25) is 0 Å². The minimum absolute atomic E-state index is 0.0505. The van der Waals surface area contributed by atoms with Crippen LogP contribution in [0.5, 0.6) is 5.75 Å². The summed E-state index contributed by atoms with van der Waals surface area (Å²) in [6.07, 6.45) is 6.47. The number of ether oxygens (including phenoxy) is 1. The first-order valence-electron chi connectivity index (χ1n) is 10.3. The second-order valence-electron chi connectivity index (χ2n) is 8.59. The van der Waals surface area contributed by atoms with E-state index in [9.17, 15) is 19.8 Å². The van der Waals surface area contributed by atoms with Crippen LogP contribution in [0.25, 0.3) is 0 Å². The first-order valence-corrected chi connectivity index (χ1v) is 10.3. The molecule has 2 N–H and O–H groups in total. The van der Waals surface area contributed by atoms with Gasteiger partial charge < -0.3 is 14.9 Å². The van der Waals surface area contributed by atoms with Crippen molar-refractivity contribution < 1.29 is 24.5 Å². The number of aromatic hydroxyl groups is 1. The van der Waals surface area contributed by atoms with Crippen LogP contribution in [0.3, 0.4) is 0 Å². The number of phenols is 1. The zero-order chi connectivity index (χ0) is 21.3. The van der Waals surface area contributed by atoms with Gasteiger partial charge in [-0.15, -0.1) is 0 Å². The number of unbranched alkanes of at least 4 members (excludes halogenated alkanes) is 5. The van der Waals surface area contributed by atoms with Crippen molar-refractivity contribution in [1.82, 2.24) is 0 Å². The van der Waals surface area contributed by atoms with Gasteiger partial charge in [-0.2, -0.15) is 0 Å². The molecule has 0 heterocycles. The largest absolute Gasteiger partial charge is 0.507 e. The topological polar surface area (TPSA) is 83.8 Å². The summed E-state index contributed by atoms with van der Waals surface area (Å²) in [5, 5.41) is 19.8. The molecule has 0 fully saturated rings. The third kappa shape index (κ3) is 7.53. The molecule has 0 aromatic heterocycles. The zero-order valence-corrected chi connectivity index (χ0v) is 18.0. The van der Waals surface area contributed by atoms with E-state index >= 15 is 0 Å². The third-order valence-electron chi connectivity index (χ3n) is 4.93. The SMILES string of the molecule is CCCCCCCCOC(=O)C(Cc1cc(C)c(O)c(C(C)(C)C)c1)C(=O)O. The molecule has 0 aliphatic carbocycles. The lowest BCUT2D eigenvalue weighted by Gasteiger charge is -2.23. The molecular formula is C23H36O5. The Morgan fingerprint density at radius 2 is 1.68 bits per heavy atom. The van der Waals surface area contributed by atoms with Gasteiger partial charge in [0.15, 0.2) is 5.92 Å². The van der Waals surface area contributed by atoms with E-state index in [0.717, 1.165) is 24.8 Å². The molecule has 158 valence electrons. The lowest BCUT2D eigenvalue weighted by molar-refractivity contribution is -0.158. The van der Waals surface area contributed by atoms with Crippen molar-refractivity contribution in [3.8, 4) is 5.75 Å². The molecule has 1 unspecified atom stereocenters. The minimum atomic E-state index is -1.24. The summed E-state index contributed by atoms with van der Waals surface area (Å²) < 4.78 is 5.23. The normalized spacial score (nSPS) is 12.6. The second kappa shape index (κ2) is 11.1. The van der Waals surface area contributed by atoms with Crippen molar-refractivity contribution in [2.24, 2.45) is 5.92 Å². The van der Waals surface area contributed by atoms with Gasteiger partial charge in [0.2, 0.25) is 0 Å². The average molecular weight is 393 g/mol. The maximum atomic E-state index is 12.3. The maximum Gasteiger partial charge on any atom is 0.320 e. The number of aliphatic carboxylic acids is 1. The van der Waals surface area contributed by atoms with Crippen molar-refractivity contribution in [2.75, 3.05) is 6.61 Å². The zero-order valence-electron chi connectivity index (χ0n) is 18.0. The molecule has 1 atom stereocenters. The number of carboxylic acid groups (broad SMARTS) is 1. The summed E-state index contributed by atoms with van der Waals surface area (Å²) >= 11 is 0. The molecule has 0 saturated carbocycles. The highest BCUT2D eigenvalue weighted by Crippen LogP contribution is 2.34. The van der Waals surface area contributed by atoms with Crippen LogP contribution in [0.15, 0.2) is 12.1 Å². The fourth-order valence-electron chi connectivity index (χ4n) is 3.21. The van der Waals surface area contributed by atoms with E-state index in [-0.39, 0.29) is 24.2 Å². The maximum absolute atomic E-state index is 12.3. The van der Waals surface area contributed by atoms with Crippen LogP contribution < -0.4 is 0 Å². The van der Waals surface area contributed by atoms with E-state index in [4.69, 9.17) is 4.74 Å². The Morgan fingerprint density at radius 1 is 1.07 bits per heavy atom. The number of esters is 1. The fourth-order valence-corrected chi connectivity index (χ4v) is 3.21. The van der Waals surface area contributed by atoms with Gasteiger partial charge in [0.1, 0.15) is 5.75 Å². The van der Waals surface area contributed by atoms with Gasteiger partial charge in [-0.25, -0.2) is 0 Å². The van der Waals surface area contributed by atoms with Crippen molar-refractivity contribution in [3.63, 3.8) is 0 Å². The Hall–Kier alpha value is -2.04. The fraction of sp³-hybridized carbons (Fsp3) is 0.652. The minimum Gasteiger partial charge on any atom is -0.507 e. The number of carbonyl (C=O) groups is 2. The smallest absolute Gasteiger partial charge is 0.320 e. The van der Waals surface area contributed by atoms with Crippen LogP contribution in [0.4, 0.5) is 0 Å². The Morgan fingerprint density at radius 3 is 2.25 bits per heavy atom. The third-order valence-corrected chi connectivity index (χ3v) is 4.93. The predicted octanol–water partition coefficient (Wildman–Crippen LogP) is 5.15. The van der Waals surface area contributed by atoms with Crippen LogP contribution in [-0.2, 0) is 26.2 Å². The molecule has 5 heteroatoms. The predicted molar refractivity (Wildman–Crippen MR) is 111 cm³/mol. The molecule has 5 nitrogen and oxygen atoms in total. The number of carboxylic acids is 1. The van der Waals surface area contributed by atoms with Gasteiger partial charge in [0.05, 0.1) is 6.61 Å². The Bertz CT molecular complexity index is 658. The van der Waals surface area contributed by atoms with Gasteiger partial charge >= 0.3 is 11.9 Å². The van der Waals surface area contributed by atoms with Crippen LogP contribution in [0, 0.1) is 12.8 Å². The molecule has 1 aromatic carbocycles. The van der Waals surface area contributed by atoms with Gasteiger partial charge in [0, 0.05) is 0 Å². The molecule has 1 rings (SSSR count). The number of hydrogen-bond acceptors (Lipinski definition) is 4. The van der Waals surface area contributed by atoms with Crippen LogP contribution >= 0.6 is 0 Å². The lowest BCUT2D eigenvalue weighted by atomic mass is 9.83. The molecular weight excluding hydrogens is 356 g/mol. The van der Waals surface area contributed by atoms with Crippen molar-refractivity contribution >= 4 is 11.9 Å². The van der Waals surface area contributed by atoms with Gasteiger partial charge in [-0.05, 0) is 41.9 Å². The van der Waals surface area contributed by atoms with Crippen molar-refractivity contribution in [2.45, 2.75) is 85.0 Å². The Kier molecular flexibility index (Phi) is 9.50. The number of phenolic OH excluding ortho intramolecular Hbond substituents is 1. The van der Waals surface area contributed by atoms with E-state index in [0.29, 0.717) is 11.1 Å². The molecule has 0 spiro atoms. The highest BCUT2D eigenvalue weighted by Gasteiger charge is 2.29. The summed E-state index contributed by atoms with van der Waals surface area (Å²) in [5.41, 5.74) is 1.84. The summed E-state index contributed by atoms with van der Waals surface area (Å²) in [6.45, 7) is 10.1. The van der Waals surface area contributed by atoms with Crippen molar-refractivity contribution in [3.05, 3.63) is 28.8 Å². The molecule has 0 aliphatic rings. The van der Waals surface area contributed by atoms with E-state index in [2.05, 4.69) is 6.92 Å². The molecule has 0 radical (unpaired) electrons. The van der Waals surface area contributed by atoms with Gasteiger partial charge in [-0.3, -0.25) is 9.59 Å². The second-order valence-corrected chi connectivity index (χ2v) is 8.59. The molecule has 0 bridgehead atoms. The monoisotopic (exact) mass is 392 g/mol. The molecule has 0 saturated heterocycles. The van der Waals surface area contributed by atoms with Gasteiger partial charge in [-0.1, -0.05) is 71.9 Å². The van der Waals surface area contributed by atoms with E-state index in [1.807, 2.05) is 20.8 Å².